The molecule has 0 heterocycles. The third-order valence-electron chi connectivity index (χ3n) is 2.75. The molecule has 21 heavy (non-hydrogen) atoms. The smallest absolute Gasteiger partial charge is 0.306 e. The van der Waals surface area contributed by atoms with Crippen LogP contribution in [-0.4, -0.2) is 42.6 Å². The van der Waals surface area contributed by atoms with E-state index in [0.29, 0.717) is 25.4 Å². The number of hydrogen-bond donors (Lipinski definition) is 1. The molecule has 0 bridgehead atoms. The Morgan fingerprint density at radius 1 is 0.952 bits per heavy atom. The SMILES string of the molecule is CC(C)CCOC(=O)CCC(=O)COC(=O)CCCCO. The van der Waals surface area contributed by atoms with Crippen LogP contribution in [0.25, 0.3) is 0 Å². The summed E-state index contributed by atoms with van der Waals surface area (Å²) in [6, 6.07) is 0. The van der Waals surface area contributed by atoms with Crippen molar-refractivity contribution in [3.05, 3.63) is 0 Å². The van der Waals surface area contributed by atoms with E-state index < -0.39 is 11.9 Å². The Bertz CT molecular complexity index is 324. The Labute approximate surface area is 125 Å². The van der Waals surface area contributed by atoms with Gasteiger partial charge < -0.3 is 14.6 Å². The number of ether oxygens (including phenoxy) is 2. The lowest BCUT2D eigenvalue weighted by Crippen LogP contribution is -2.16. The molecular weight excluding hydrogens is 276 g/mol. The highest BCUT2D eigenvalue weighted by molar-refractivity contribution is 5.85. The lowest BCUT2D eigenvalue weighted by molar-refractivity contribution is -0.149. The number of carbonyl (C=O) groups is 3. The normalized spacial score (nSPS) is 10.5. The Kier molecular flexibility index (Phi) is 11.5. The largest absolute Gasteiger partial charge is 0.466 e. The molecule has 6 heteroatoms. The molecule has 0 unspecified atom stereocenters. The minimum Gasteiger partial charge on any atom is -0.466 e. The van der Waals surface area contributed by atoms with Gasteiger partial charge in [-0.25, -0.2) is 0 Å². The summed E-state index contributed by atoms with van der Waals surface area (Å²) >= 11 is 0. The predicted octanol–water partition coefficient (Wildman–Crippen LogP) is 1.63. The number of ketones is 1. The second-order valence-corrected chi connectivity index (χ2v) is 5.28. The van der Waals surface area contributed by atoms with Crippen molar-refractivity contribution in [2.75, 3.05) is 19.8 Å². The molecule has 1 N–H and O–H groups in total. The van der Waals surface area contributed by atoms with Gasteiger partial charge in [0.25, 0.3) is 0 Å². The van der Waals surface area contributed by atoms with Crippen LogP contribution in [-0.2, 0) is 23.9 Å². The van der Waals surface area contributed by atoms with E-state index in [2.05, 4.69) is 0 Å². The third kappa shape index (κ3) is 13.3. The van der Waals surface area contributed by atoms with Gasteiger partial charge in [-0.15, -0.1) is 0 Å². The van der Waals surface area contributed by atoms with E-state index >= 15 is 0 Å². The quantitative estimate of drug-likeness (QED) is 0.435. The first kappa shape index (κ1) is 19.6. The fourth-order valence-electron chi connectivity index (χ4n) is 1.41. The Balaban J connectivity index is 3.61. The van der Waals surface area contributed by atoms with E-state index in [1.807, 2.05) is 13.8 Å². The monoisotopic (exact) mass is 302 g/mol. The van der Waals surface area contributed by atoms with Crippen LogP contribution >= 0.6 is 0 Å². The average Bonchev–Trinajstić information content (AvgIpc) is 2.42. The number of aliphatic hydroxyl groups is 1. The highest BCUT2D eigenvalue weighted by Gasteiger charge is 2.11. The summed E-state index contributed by atoms with van der Waals surface area (Å²) in [6.45, 7) is 4.16. The molecule has 0 atom stereocenters. The van der Waals surface area contributed by atoms with Crippen LogP contribution in [0.15, 0.2) is 0 Å². The molecule has 0 radical (unpaired) electrons. The van der Waals surface area contributed by atoms with E-state index in [1.54, 1.807) is 0 Å². The van der Waals surface area contributed by atoms with Crippen LogP contribution in [0.2, 0.25) is 0 Å². The highest BCUT2D eigenvalue weighted by atomic mass is 16.5. The zero-order chi connectivity index (χ0) is 16.1. The summed E-state index contributed by atoms with van der Waals surface area (Å²) in [5, 5.41) is 8.56. The van der Waals surface area contributed by atoms with Crippen LogP contribution in [0.5, 0.6) is 0 Å². The summed E-state index contributed by atoms with van der Waals surface area (Å²) in [5.74, 6) is -0.703. The van der Waals surface area contributed by atoms with Gasteiger partial charge in [0.15, 0.2) is 5.78 Å². The number of carbonyl (C=O) groups excluding carboxylic acids is 3. The molecule has 0 spiro atoms. The van der Waals surface area contributed by atoms with E-state index in [4.69, 9.17) is 14.6 Å². The summed E-state index contributed by atoms with van der Waals surface area (Å²) in [5.41, 5.74) is 0. The third-order valence-corrected chi connectivity index (χ3v) is 2.75. The molecule has 0 rings (SSSR count). The van der Waals surface area contributed by atoms with Gasteiger partial charge in [0.05, 0.1) is 13.0 Å². The van der Waals surface area contributed by atoms with E-state index in [-0.39, 0.29) is 38.3 Å². The van der Waals surface area contributed by atoms with Crippen molar-refractivity contribution in [1.29, 1.82) is 0 Å². The number of aliphatic hydroxyl groups excluding tert-OH is 1. The van der Waals surface area contributed by atoms with Crippen molar-refractivity contribution in [3.8, 4) is 0 Å². The predicted molar refractivity (Wildman–Crippen MR) is 76.6 cm³/mol. The van der Waals surface area contributed by atoms with Crippen molar-refractivity contribution in [1.82, 2.24) is 0 Å². The second-order valence-electron chi connectivity index (χ2n) is 5.28. The van der Waals surface area contributed by atoms with E-state index in [1.165, 1.54) is 0 Å². The van der Waals surface area contributed by atoms with Crippen LogP contribution in [0.4, 0.5) is 0 Å². The lowest BCUT2D eigenvalue weighted by Gasteiger charge is -2.07. The molecular formula is C15H26O6. The van der Waals surface area contributed by atoms with Crippen molar-refractivity contribution in [2.24, 2.45) is 5.92 Å². The van der Waals surface area contributed by atoms with E-state index in [0.717, 1.165) is 6.42 Å². The van der Waals surface area contributed by atoms with Gasteiger partial charge in [0.2, 0.25) is 0 Å². The maximum Gasteiger partial charge on any atom is 0.306 e. The van der Waals surface area contributed by atoms with Gasteiger partial charge in [0.1, 0.15) is 6.61 Å². The number of esters is 2. The van der Waals surface area contributed by atoms with Crippen LogP contribution in [0.3, 0.4) is 0 Å². The fourth-order valence-corrected chi connectivity index (χ4v) is 1.41. The van der Waals surface area contributed by atoms with E-state index in [9.17, 15) is 14.4 Å². The van der Waals surface area contributed by atoms with Crippen LogP contribution < -0.4 is 0 Å². The van der Waals surface area contributed by atoms with Gasteiger partial charge in [-0.3, -0.25) is 14.4 Å². The minimum absolute atomic E-state index is 0.0129. The molecule has 122 valence electrons. The first-order valence-electron chi connectivity index (χ1n) is 7.39. The molecule has 0 aromatic carbocycles. The molecule has 0 fully saturated rings. The molecule has 0 saturated heterocycles. The first-order chi connectivity index (χ1) is 9.95. The van der Waals surface area contributed by atoms with Crippen molar-refractivity contribution in [2.45, 2.75) is 52.4 Å². The number of Topliss-reactive ketones (excluding diaryl/α,β-unsaturated/α-hetero) is 1. The topological polar surface area (TPSA) is 89.9 Å². The molecule has 0 aliphatic carbocycles. The Hall–Kier alpha value is -1.43. The van der Waals surface area contributed by atoms with Gasteiger partial charge in [-0.2, -0.15) is 0 Å². The van der Waals surface area contributed by atoms with Gasteiger partial charge >= 0.3 is 11.9 Å². The minimum atomic E-state index is -0.462. The van der Waals surface area contributed by atoms with Crippen LogP contribution in [0, 0.1) is 5.92 Å². The molecule has 0 aromatic heterocycles. The molecule has 0 saturated carbocycles. The molecule has 0 aliphatic rings. The zero-order valence-corrected chi connectivity index (χ0v) is 12.9. The van der Waals surface area contributed by atoms with Crippen molar-refractivity contribution < 1.29 is 29.0 Å². The van der Waals surface area contributed by atoms with Crippen LogP contribution in [0.1, 0.15) is 52.4 Å². The summed E-state index contributed by atoms with van der Waals surface area (Å²) in [4.78, 5) is 34.0. The van der Waals surface area contributed by atoms with Gasteiger partial charge in [-0.1, -0.05) is 13.8 Å². The molecule has 0 aliphatic heterocycles. The number of rotatable bonds is 12. The summed E-state index contributed by atoms with van der Waals surface area (Å²) in [6.07, 6.45) is 2.08. The standard InChI is InChI=1S/C15H26O6/c1-12(2)8-10-20-15(19)7-6-13(17)11-21-14(18)5-3-4-9-16/h12,16H,3-11H2,1-2H3. The van der Waals surface area contributed by atoms with Crippen molar-refractivity contribution >= 4 is 17.7 Å². The highest BCUT2D eigenvalue weighted by Crippen LogP contribution is 2.02. The zero-order valence-electron chi connectivity index (χ0n) is 12.9. The lowest BCUT2D eigenvalue weighted by atomic mass is 10.1. The van der Waals surface area contributed by atoms with Gasteiger partial charge in [0, 0.05) is 19.4 Å². The second kappa shape index (κ2) is 12.3. The molecule has 0 amide bonds. The maximum atomic E-state index is 11.4. The fraction of sp³-hybridized carbons (Fsp3) is 0.800. The number of hydrogen-bond acceptors (Lipinski definition) is 6. The van der Waals surface area contributed by atoms with Crippen molar-refractivity contribution in [3.63, 3.8) is 0 Å². The molecule has 6 nitrogen and oxygen atoms in total. The number of unbranched alkanes of at least 4 members (excludes halogenated alkanes) is 1. The maximum absolute atomic E-state index is 11.4. The van der Waals surface area contributed by atoms with Gasteiger partial charge in [-0.05, 0) is 25.2 Å². The summed E-state index contributed by atoms with van der Waals surface area (Å²) < 4.78 is 9.74. The first-order valence-corrected chi connectivity index (χ1v) is 7.39. The summed E-state index contributed by atoms with van der Waals surface area (Å²) in [7, 11) is 0. The Morgan fingerprint density at radius 2 is 1.62 bits per heavy atom. The Morgan fingerprint density at radius 3 is 2.24 bits per heavy atom. The molecule has 0 aromatic rings. The average molecular weight is 302 g/mol.